The van der Waals surface area contributed by atoms with Gasteiger partial charge in [-0.2, -0.15) is 0 Å². The molecule has 1 N–H and O–H groups in total. The molecule has 1 aromatic rings. The Morgan fingerprint density at radius 3 is 2.22 bits per heavy atom. The molecule has 1 saturated carbocycles. The van der Waals surface area contributed by atoms with Gasteiger partial charge in [0.1, 0.15) is 6.54 Å². The van der Waals surface area contributed by atoms with Crippen molar-refractivity contribution in [2.75, 3.05) is 18.5 Å². The number of ether oxygens (including phenoxy) is 1. The van der Waals surface area contributed by atoms with Crippen LogP contribution in [-0.2, 0) is 19.1 Å². The zero-order chi connectivity index (χ0) is 19.1. The van der Waals surface area contributed by atoms with Crippen molar-refractivity contribution < 1.29 is 23.9 Å². The Morgan fingerprint density at radius 2 is 1.67 bits per heavy atom. The van der Waals surface area contributed by atoms with Crippen LogP contribution >= 0.6 is 0 Å². The van der Waals surface area contributed by atoms with E-state index in [1.165, 1.54) is 0 Å². The second-order valence-electron chi connectivity index (χ2n) is 7.11. The maximum absolute atomic E-state index is 12.6. The van der Waals surface area contributed by atoms with Crippen LogP contribution in [0.15, 0.2) is 36.4 Å². The minimum atomic E-state index is -0.444. The largest absolute Gasteiger partial charge is 0.462 e. The molecule has 7 nitrogen and oxygen atoms in total. The fourth-order valence-corrected chi connectivity index (χ4v) is 4.37. The maximum atomic E-state index is 12.6. The first-order valence-corrected chi connectivity index (χ1v) is 9.10. The average Bonchev–Trinajstić information content (AvgIpc) is 3.32. The summed E-state index contributed by atoms with van der Waals surface area (Å²) in [6.07, 6.45) is 4.90. The van der Waals surface area contributed by atoms with E-state index in [4.69, 9.17) is 4.74 Å². The summed E-state index contributed by atoms with van der Waals surface area (Å²) in [4.78, 5) is 50.2. The second kappa shape index (κ2) is 6.64. The van der Waals surface area contributed by atoms with Gasteiger partial charge in [0, 0.05) is 5.69 Å². The van der Waals surface area contributed by atoms with E-state index in [0.29, 0.717) is 11.3 Å². The molecule has 2 aliphatic carbocycles. The van der Waals surface area contributed by atoms with Gasteiger partial charge in [0.25, 0.3) is 0 Å². The summed E-state index contributed by atoms with van der Waals surface area (Å²) < 4.78 is 4.91. The Balaban J connectivity index is 1.38. The van der Waals surface area contributed by atoms with Crippen LogP contribution in [0.1, 0.15) is 23.7 Å². The summed E-state index contributed by atoms with van der Waals surface area (Å²) in [5, 5.41) is 2.66. The number of hydrogen-bond donors (Lipinski definition) is 1. The third kappa shape index (κ3) is 2.93. The Hall–Kier alpha value is -2.96. The molecule has 27 heavy (non-hydrogen) atoms. The van der Waals surface area contributed by atoms with Crippen molar-refractivity contribution in [2.45, 2.75) is 13.3 Å². The smallest absolute Gasteiger partial charge is 0.338 e. The summed E-state index contributed by atoms with van der Waals surface area (Å²) in [7, 11) is 0. The predicted octanol–water partition coefficient (Wildman–Crippen LogP) is 1.61. The number of rotatable bonds is 5. The SMILES string of the molecule is CCOC(=O)c1ccc(NC(=O)CN2C(=O)[C@@H]3[C@H](C2=O)[C@@H]2C=C[C@@H]3C2)cc1. The molecule has 3 aliphatic rings. The van der Waals surface area contributed by atoms with E-state index in [0.717, 1.165) is 11.3 Å². The molecule has 1 aliphatic heterocycles. The first-order valence-electron chi connectivity index (χ1n) is 9.10. The van der Waals surface area contributed by atoms with E-state index in [9.17, 15) is 19.2 Å². The lowest BCUT2D eigenvalue weighted by molar-refractivity contribution is -0.143. The molecule has 4 rings (SSSR count). The molecule has 0 aromatic heterocycles. The zero-order valence-electron chi connectivity index (χ0n) is 14.9. The number of esters is 1. The number of likely N-dealkylation sites (tertiary alicyclic amines) is 1. The highest BCUT2D eigenvalue weighted by molar-refractivity contribution is 6.09. The van der Waals surface area contributed by atoms with Gasteiger partial charge in [0.05, 0.1) is 24.0 Å². The fourth-order valence-electron chi connectivity index (χ4n) is 4.37. The highest BCUT2D eigenvalue weighted by Gasteiger charge is 2.59. The fraction of sp³-hybridized carbons (Fsp3) is 0.400. The van der Waals surface area contributed by atoms with Gasteiger partial charge in [-0.05, 0) is 49.4 Å². The van der Waals surface area contributed by atoms with Crippen LogP contribution < -0.4 is 5.32 Å². The number of carbonyl (C=O) groups is 4. The Kier molecular flexibility index (Phi) is 4.30. The summed E-state index contributed by atoms with van der Waals surface area (Å²) >= 11 is 0. The predicted molar refractivity (Wildman–Crippen MR) is 95.5 cm³/mol. The Morgan fingerprint density at radius 1 is 1.07 bits per heavy atom. The third-order valence-corrected chi connectivity index (χ3v) is 5.54. The lowest BCUT2D eigenvalue weighted by Gasteiger charge is -2.16. The zero-order valence-corrected chi connectivity index (χ0v) is 14.9. The molecule has 2 bridgehead atoms. The molecule has 2 fully saturated rings. The van der Waals surface area contributed by atoms with Gasteiger partial charge in [-0.15, -0.1) is 0 Å². The number of nitrogens with zero attached hydrogens (tertiary/aromatic N) is 1. The third-order valence-electron chi connectivity index (χ3n) is 5.54. The lowest BCUT2D eigenvalue weighted by atomic mass is 9.85. The van der Waals surface area contributed by atoms with E-state index in [1.807, 2.05) is 12.2 Å². The van der Waals surface area contributed by atoms with Gasteiger partial charge in [0.2, 0.25) is 17.7 Å². The van der Waals surface area contributed by atoms with E-state index in [-0.39, 0.29) is 48.6 Å². The van der Waals surface area contributed by atoms with E-state index in [2.05, 4.69) is 5.32 Å². The van der Waals surface area contributed by atoms with Crippen molar-refractivity contribution in [1.82, 2.24) is 4.90 Å². The van der Waals surface area contributed by atoms with Gasteiger partial charge in [-0.3, -0.25) is 19.3 Å². The molecular weight excluding hydrogens is 348 g/mol. The van der Waals surface area contributed by atoms with Crippen LogP contribution in [0.4, 0.5) is 5.69 Å². The number of hydrogen-bond acceptors (Lipinski definition) is 5. The minimum Gasteiger partial charge on any atom is -0.462 e. The van der Waals surface area contributed by atoms with Gasteiger partial charge in [0.15, 0.2) is 0 Å². The van der Waals surface area contributed by atoms with Crippen molar-refractivity contribution in [3.63, 3.8) is 0 Å². The summed E-state index contributed by atoms with van der Waals surface area (Å²) in [5.41, 5.74) is 0.865. The van der Waals surface area contributed by atoms with Crippen LogP contribution in [0.25, 0.3) is 0 Å². The summed E-state index contributed by atoms with van der Waals surface area (Å²) in [6.45, 7) is 1.72. The highest BCUT2D eigenvalue weighted by Crippen LogP contribution is 2.52. The van der Waals surface area contributed by atoms with Crippen LogP contribution in [-0.4, -0.2) is 41.7 Å². The summed E-state index contributed by atoms with van der Waals surface area (Å²) in [6, 6.07) is 6.26. The van der Waals surface area contributed by atoms with E-state index in [1.54, 1.807) is 31.2 Å². The number of carbonyl (C=O) groups excluding carboxylic acids is 4. The number of benzene rings is 1. The normalized spacial score (nSPS) is 27.8. The van der Waals surface area contributed by atoms with Crippen LogP contribution in [0.2, 0.25) is 0 Å². The quantitative estimate of drug-likeness (QED) is 0.484. The van der Waals surface area contributed by atoms with Crippen molar-refractivity contribution in [3.05, 3.63) is 42.0 Å². The topological polar surface area (TPSA) is 92.8 Å². The molecule has 0 radical (unpaired) electrons. The molecule has 7 heteroatoms. The number of fused-ring (bicyclic) bond motifs is 5. The van der Waals surface area contributed by atoms with Gasteiger partial charge >= 0.3 is 5.97 Å². The summed E-state index contributed by atoms with van der Waals surface area (Å²) in [5.74, 6) is -1.71. The number of nitrogens with one attached hydrogen (secondary N) is 1. The molecule has 0 unspecified atom stereocenters. The highest BCUT2D eigenvalue weighted by atomic mass is 16.5. The molecule has 1 aromatic carbocycles. The van der Waals surface area contributed by atoms with Gasteiger partial charge in [-0.1, -0.05) is 12.2 Å². The molecule has 0 spiro atoms. The van der Waals surface area contributed by atoms with Crippen molar-refractivity contribution in [2.24, 2.45) is 23.7 Å². The van der Waals surface area contributed by atoms with Gasteiger partial charge in [-0.25, -0.2) is 4.79 Å². The molecule has 3 amide bonds. The molecular formula is C20H20N2O5. The Bertz CT molecular complexity index is 814. The van der Waals surface area contributed by atoms with Crippen molar-refractivity contribution in [1.29, 1.82) is 0 Å². The van der Waals surface area contributed by atoms with Crippen LogP contribution in [0.3, 0.4) is 0 Å². The standard InChI is InChI=1S/C20H20N2O5/c1-2-27-20(26)11-5-7-14(8-6-11)21-15(23)10-22-18(24)16-12-3-4-13(9-12)17(16)19(22)25/h3-8,12-13,16-17H,2,9-10H2,1H3,(H,21,23)/t12-,13-,16-,17+/m1/s1. The number of anilines is 1. The number of allylic oxidation sites excluding steroid dienone is 2. The van der Waals surface area contributed by atoms with Crippen LogP contribution in [0.5, 0.6) is 0 Å². The molecule has 1 saturated heterocycles. The van der Waals surface area contributed by atoms with Gasteiger partial charge < -0.3 is 10.1 Å². The Labute approximate surface area is 156 Å². The number of imide groups is 1. The molecule has 1 heterocycles. The van der Waals surface area contributed by atoms with E-state index < -0.39 is 11.9 Å². The van der Waals surface area contributed by atoms with Crippen molar-refractivity contribution >= 4 is 29.4 Å². The molecule has 140 valence electrons. The van der Waals surface area contributed by atoms with Crippen molar-refractivity contribution in [3.8, 4) is 0 Å². The van der Waals surface area contributed by atoms with Crippen LogP contribution in [0, 0.1) is 23.7 Å². The van der Waals surface area contributed by atoms with E-state index >= 15 is 0 Å². The minimum absolute atomic E-state index is 0.125. The molecule has 4 atom stereocenters. The number of amides is 3. The lowest BCUT2D eigenvalue weighted by Crippen LogP contribution is -2.39. The second-order valence-corrected chi connectivity index (χ2v) is 7.11. The average molecular weight is 368 g/mol. The monoisotopic (exact) mass is 368 g/mol. The first kappa shape index (κ1) is 17.5. The first-order chi connectivity index (χ1) is 13.0. The maximum Gasteiger partial charge on any atom is 0.338 e.